The highest BCUT2D eigenvalue weighted by molar-refractivity contribution is 7.20. The fourth-order valence-electron chi connectivity index (χ4n) is 2.97. The summed E-state index contributed by atoms with van der Waals surface area (Å²) >= 11 is 1.51. The number of hydrogen-bond acceptors (Lipinski definition) is 6. The summed E-state index contributed by atoms with van der Waals surface area (Å²) in [5.41, 5.74) is 0.178. The van der Waals surface area contributed by atoms with Crippen LogP contribution in [0.1, 0.15) is 38.4 Å². The molecule has 1 aliphatic rings. The van der Waals surface area contributed by atoms with E-state index in [2.05, 4.69) is 40.7 Å². The molecule has 0 saturated carbocycles. The molecule has 0 aliphatic carbocycles. The van der Waals surface area contributed by atoms with Crippen LogP contribution in [0.5, 0.6) is 5.88 Å². The number of imidazole rings is 1. The normalized spacial score (nSPS) is 18.2. The molecule has 0 aromatic carbocycles. The van der Waals surface area contributed by atoms with Gasteiger partial charge >= 0.3 is 6.18 Å². The fraction of sp³-hybridized carbons (Fsp3) is 0.500. The van der Waals surface area contributed by atoms with Crippen LogP contribution in [0.25, 0.3) is 4.96 Å². The van der Waals surface area contributed by atoms with E-state index in [0.29, 0.717) is 6.54 Å². The van der Waals surface area contributed by atoms with Crippen molar-refractivity contribution < 1.29 is 17.9 Å². The largest absolute Gasteiger partial charge is 0.472 e. The maximum atomic E-state index is 12.6. The van der Waals surface area contributed by atoms with Crippen molar-refractivity contribution in [1.82, 2.24) is 19.6 Å². The molecule has 150 valence electrons. The van der Waals surface area contributed by atoms with Gasteiger partial charge in [-0.1, -0.05) is 32.1 Å². The van der Waals surface area contributed by atoms with Crippen LogP contribution in [0.15, 0.2) is 24.5 Å². The maximum Gasteiger partial charge on any atom is 0.417 e. The second-order valence-electron chi connectivity index (χ2n) is 7.85. The lowest BCUT2D eigenvalue weighted by molar-refractivity contribution is -0.137. The smallest absolute Gasteiger partial charge is 0.417 e. The zero-order chi connectivity index (χ0) is 20.1. The van der Waals surface area contributed by atoms with Crippen molar-refractivity contribution in [3.63, 3.8) is 0 Å². The third-order valence-corrected chi connectivity index (χ3v) is 5.55. The van der Waals surface area contributed by atoms with Gasteiger partial charge in [-0.25, -0.2) is 14.5 Å². The molecule has 0 radical (unpaired) electrons. The standard InChI is InChI=1S/C18H20F3N5OS/c1-17(2,3)13-10-26-15(23-13)28-16(24-26)25-7-6-12(9-25)27-14-5-4-11(8-22-14)18(19,20)21/h4-5,8,10,12H,6-7,9H2,1-3H3. The summed E-state index contributed by atoms with van der Waals surface area (Å²) in [7, 11) is 0. The van der Waals surface area contributed by atoms with E-state index in [1.54, 1.807) is 4.52 Å². The molecule has 0 spiro atoms. The highest BCUT2D eigenvalue weighted by Gasteiger charge is 2.31. The van der Waals surface area contributed by atoms with Crippen LogP contribution in [-0.2, 0) is 11.6 Å². The molecule has 0 N–H and O–H groups in total. The molecule has 3 aromatic rings. The Balaban J connectivity index is 1.41. The number of halogens is 3. The van der Waals surface area contributed by atoms with Crippen molar-refractivity contribution in [3.8, 4) is 5.88 Å². The van der Waals surface area contributed by atoms with Crippen LogP contribution < -0.4 is 9.64 Å². The van der Waals surface area contributed by atoms with Gasteiger partial charge < -0.3 is 9.64 Å². The van der Waals surface area contributed by atoms with E-state index >= 15 is 0 Å². The summed E-state index contributed by atoms with van der Waals surface area (Å²) < 4.78 is 45.4. The van der Waals surface area contributed by atoms with Crippen molar-refractivity contribution in [3.05, 3.63) is 35.8 Å². The molecule has 4 heterocycles. The van der Waals surface area contributed by atoms with E-state index in [1.165, 1.54) is 17.4 Å². The number of fused-ring (bicyclic) bond motifs is 1. The van der Waals surface area contributed by atoms with E-state index in [4.69, 9.17) is 4.74 Å². The lowest BCUT2D eigenvalue weighted by atomic mass is 9.93. The molecule has 6 nitrogen and oxygen atoms in total. The van der Waals surface area contributed by atoms with Crippen molar-refractivity contribution in [1.29, 1.82) is 0 Å². The van der Waals surface area contributed by atoms with Crippen LogP contribution in [-0.4, -0.2) is 38.8 Å². The van der Waals surface area contributed by atoms with Gasteiger partial charge in [0.05, 0.1) is 24.0 Å². The van der Waals surface area contributed by atoms with E-state index in [0.717, 1.165) is 41.0 Å². The van der Waals surface area contributed by atoms with Crippen molar-refractivity contribution in [2.75, 3.05) is 18.0 Å². The van der Waals surface area contributed by atoms with Crippen LogP contribution in [0.3, 0.4) is 0 Å². The Hall–Kier alpha value is -2.36. The van der Waals surface area contributed by atoms with Gasteiger partial charge in [-0.3, -0.25) is 0 Å². The van der Waals surface area contributed by atoms with Gasteiger partial charge in [0.15, 0.2) is 0 Å². The highest BCUT2D eigenvalue weighted by atomic mass is 32.1. The summed E-state index contributed by atoms with van der Waals surface area (Å²) in [5, 5.41) is 5.47. The summed E-state index contributed by atoms with van der Waals surface area (Å²) in [6.45, 7) is 7.69. The van der Waals surface area contributed by atoms with Gasteiger partial charge in [0.1, 0.15) is 6.10 Å². The molecule has 1 unspecified atom stereocenters. The number of hydrogen-bond donors (Lipinski definition) is 0. The summed E-state index contributed by atoms with van der Waals surface area (Å²) in [6, 6.07) is 2.24. The molecule has 0 amide bonds. The fourth-order valence-corrected chi connectivity index (χ4v) is 3.88. The first kappa shape index (κ1) is 19.0. The molecule has 1 saturated heterocycles. The molecule has 10 heteroatoms. The highest BCUT2D eigenvalue weighted by Crippen LogP contribution is 2.31. The zero-order valence-electron chi connectivity index (χ0n) is 15.7. The third kappa shape index (κ3) is 3.78. The van der Waals surface area contributed by atoms with Crippen molar-refractivity contribution >= 4 is 21.4 Å². The lowest BCUT2D eigenvalue weighted by Gasteiger charge is -2.16. The van der Waals surface area contributed by atoms with E-state index in [9.17, 15) is 13.2 Å². The average Bonchev–Trinajstić information content (AvgIpc) is 3.27. The predicted octanol–water partition coefficient (Wildman–Crippen LogP) is 4.16. The van der Waals surface area contributed by atoms with Gasteiger partial charge in [-0.2, -0.15) is 13.2 Å². The first-order chi connectivity index (χ1) is 13.1. The molecule has 1 fully saturated rings. The number of rotatable bonds is 3. The minimum Gasteiger partial charge on any atom is -0.472 e. The predicted molar refractivity (Wildman–Crippen MR) is 100 cm³/mol. The molecule has 0 bridgehead atoms. The second kappa shape index (κ2) is 6.61. The average molecular weight is 411 g/mol. The number of alkyl halides is 3. The Kier molecular flexibility index (Phi) is 4.48. The van der Waals surface area contributed by atoms with Crippen LogP contribution in [0, 0.1) is 0 Å². The Morgan fingerprint density at radius 2 is 2.00 bits per heavy atom. The number of anilines is 1. The van der Waals surface area contributed by atoms with Crippen LogP contribution in [0.2, 0.25) is 0 Å². The Bertz CT molecular complexity index is 942. The maximum absolute atomic E-state index is 12.6. The summed E-state index contributed by atoms with van der Waals surface area (Å²) in [6.07, 6.45) is -1.05. The quantitative estimate of drug-likeness (QED) is 0.648. The summed E-state index contributed by atoms with van der Waals surface area (Å²) in [4.78, 5) is 11.4. The van der Waals surface area contributed by atoms with Crippen molar-refractivity contribution in [2.45, 2.75) is 44.9 Å². The Morgan fingerprint density at radius 1 is 1.21 bits per heavy atom. The van der Waals surface area contributed by atoms with Gasteiger partial charge in [0.2, 0.25) is 16.0 Å². The molecule has 28 heavy (non-hydrogen) atoms. The van der Waals surface area contributed by atoms with Gasteiger partial charge in [-0.15, -0.1) is 5.10 Å². The van der Waals surface area contributed by atoms with E-state index in [-0.39, 0.29) is 17.4 Å². The number of pyridine rings is 1. The number of nitrogens with zero attached hydrogens (tertiary/aromatic N) is 5. The third-order valence-electron chi connectivity index (χ3n) is 4.57. The first-order valence-electron chi connectivity index (χ1n) is 8.91. The molecule has 1 aliphatic heterocycles. The van der Waals surface area contributed by atoms with E-state index < -0.39 is 11.7 Å². The molecular weight excluding hydrogens is 391 g/mol. The molecule has 1 atom stereocenters. The van der Waals surface area contributed by atoms with Gasteiger partial charge in [-0.05, 0) is 6.07 Å². The second-order valence-corrected chi connectivity index (χ2v) is 8.78. The topological polar surface area (TPSA) is 55.5 Å². The van der Waals surface area contributed by atoms with E-state index in [1.807, 2.05) is 6.20 Å². The summed E-state index contributed by atoms with van der Waals surface area (Å²) in [5.74, 6) is 0.198. The lowest BCUT2D eigenvalue weighted by Crippen LogP contribution is -2.24. The minimum absolute atomic E-state index is 0.0329. The van der Waals surface area contributed by atoms with Crippen molar-refractivity contribution in [2.24, 2.45) is 0 Å². The zero-order valence-corrected chi connectivity index (χ0v) is 16.5. The number of aromatic nitrogens is 4. The number of ether oxygens (including phenoxy) is 1. The van der Waals surface area contributed by atoms with Gasteiger partial charge in [0.25, 0.3) is 0 Å². The van der Waals surface area contributed by atoms with Gasteiger partial charge in [0, 0.05) is 30.6 Å². The Morgan fingerprint density at radius 3 is 2.61 bits per heavy atom. The molecule has 3 aromatic heterocycles. The van der Waals surface area contributed by atoms with Crippen LogP contribution >= 0.6 is 11.3 Å². The minimum atomic E-state index is -4.40. The molecular formula is C18H20F3N5OS. The monoisotopic (exact) mass is 411 g/mol. The molecule has 4 rings (SSSR count). The first-order valence-corrected chi connectivity index (χ1v) is 9.73. The van der Waals surface area contributed by atoms with Crippen LogP contribution in [0.4, 0.5) is 18.3 Å². The Labute approximate surface area is 164 Å². The SMILES string of the molecule is CC(C)(C)c1cn2nc(N3CCC(Oc4ccc(C(F)(F)F)cn4)C3)sc2n1.